The van der Waals surface area contributed by atoms with Crippen LogP contribution in [0.1, 0.15) is 24.2 Å². The van der Waals surface area contributed by atoms with E-state index in [0.29, 0.717) is 11.3 Å². The first-order valence-corrected chi connectivity index (χ1v) is 10.3. The van der Waals surface area contributed by atoms with E-state index in [4.69, 9.17) is 9.84 Å². The van der Waals surface area contributed by atoms with Crippen LogP contribution in [0, 0.1) is 0 Å². The number of carbonyl (C=O) groups is 1. The average Bonchev–Trinajstić information content (AvgIpc) is 3.26. The van der Waals surface area contributed by atoms with E-state index in [9.17, 15) is 4.79 Å². The van der Waals surface area contributed by atoms with Crippen molar-refractivity contribution in [2.75, 3.05) is 26.3 Å². The Morgan fingerprint density at radius 3 is 2.57 bits per heavy atom. The highest BCUT2D eigenvalue weighted by atomic mass is 16.5. The third kappa shape index (κ3) is 4.42. The van der Waals surface area contributed by atoms with Gasteiger partial charge in [0.2, 0.25) is 0 Å². The van der Waals surface area contributed by atoms with Gasteiger partial charge in [0.1, 0.15) is 5.69 Å². The van der Waals surface area contributed by atoms with Crippen molar-refractivity contribution in [1.82, 2.24) is 25.0 Å². The monoisotopic (exact) mass is 405 g/mol. The molecule has 1 N–H and O–H groups in total. The molecule has 0 saturated carbocycles. The third-order valence-corrected chi connectivity index (χ3v) is 5.62. The number of pyridine rings is 1. The van der Waals surface area contributed by atoms with Crippen LogP contribution in [0.3, 0.4) is 0 Å². The quantitative estimate of drug-likeness (QED) is 0.683. The molecule has 1 saturated heterocycles. The number of hydrogen-bond acceptors (Lipinski definition) is 5. The van der Waals surface area contributed by atoms with Gasteiger partial charge in [-0.2, -0.15) is 5.10 Å². The van der Waals surface area contributed by atoms with Crippen LogP contribution in [0.2, 0.25) is 0 Å². The molecule has 0 spiro atoms. The van der Waals surface area contributed by atoms with Gasteiger partial charge in [-0.3, -0.25) is 14.7 Å². The number of amides is 1. The molecule has 3 heterocycles. The maximum atomic E-state index is 13.3. The van der Waals surface area contributed by atoms with E-state index in [0.717, 1.165) is 37.6 Å². The number of ether oxygens (including phenoxy) is 1. The molecule has 156 valence electrons. The summed E-state index contributed by atoms with van der Waals surface area (Å²) >= 11 is 0. The van der Waals surface area contributed by atoms with Crippen LogP contribution in [0.4, 0.5) is 0 Å². The fraction of sp³-hybridized carbons (Fsp3) is 0.348. The van der Waals surface area contributed by atoms with E-state index in [1.54, 1.807) is 23.3 Å². The number of aromatic nitrogens is 3. The van der Waals surface area contributed by atoms with Crippen molar-refractivity contribution < 1.29 is 9.53 Å². The maximum Gasteiger partial charge on any atom is 0.255 e. The summed E-state index contributed by atoms with van der Waals surface area (Å²) in [4.78, 5) is 19.8. The molecule has 2 aromatic heterocycles. The molecule has 0 aliphatic carbocycles. The standard InChI is InChI=1S/C23H27N5O2/c1-17(18(2)27-11-13-30-14-12-27)25-23(29)21-16-28(20-8-4-3-5-9-20)26-22(21)19-7-6-10-24-15-19/h3-10,15-18H,11-14H2,1-2H3,(H,25,29). The van der Waals surface area contributed by atoms with Gasteiger partial charge in [-0.15, -0.1) is 0 Å². The zero-order valence-electron chi connectivity index (χ0n) is 17.4. The molecule has 7 heteroatoms. The highest BCUT2D eigenvalue weighted by molar-refractivity contribution is 6.00. The molecule has 0 radical (unpaired) electrons. The first-order valence-electron chi connectivity index (χ1n) is 10.3. The first-order chi connectivity index (χ1) is 14.6. The lowest BCUT2D eigenvalue weighted by Crippen LogP contribution is -2.52. The predicted molar refractivity (Wildman–Crippen MR) is 116 cm³/mol. The molecule has 30 heavy (non-hydrogen) atoms. The SMILES string of the molecule is CC(NC(=O)c1cn(-c2ccccc2)nc1-c1cccnc1)C(C)N1CCOCC1. The van der Waals surface area contributed by atoms with Crippen LogP contribution in [0.15, 0.2) is 61.1 Å². The fourth-order valence-corrected chi connectivity index (χ4v) is 3.68. The maximum absolute atomic E-state index is 13.3. The van der Waals surface area contributed by atoms with Crippen LogP contribution in [0.25, 0.3) is 16.9 Å². The third-order valence-electron chi connectivity index (χ3n) is 5.62. The number of benzene rings is 1. The number of rotatable bonds is 6. The van der Waals surface area contributed by atoms with Gasteiger partial charge in [0.15, 0.2) is 0 Å². The van der Waals surface area contributed by atoms with Gasteiger partial charge in [-0.05, 0) is 38.1 Å². The molecule has 2 unspecified atom stereocenters. The Labute approximate surface area is 176 Å². The van der Waals surface area contributed by atoms with Crippen molar-refractivity contribution in [1.29, 1.82) is 0 Å². The Hall–Kier alpha value is -3.03. The molecule has 4 rings (SSSR count). The van der Waals surface area contributed by atoms with Gasteiger partial charge in [0, 0.05) is 49.3 Å². The second-order valence-corrected chi connectivity index (χ2v) is 7.56. The largest absolute Gasteiger partial charge is 0.379 e. The Morgan fingerprint density at radius 2 is 1.87 bits per heavy atom. The van der Waals surface area contributed by atoms with Crippen LogP contribution in [0.5, 0.6) is 0 Å². The molecule has 1 amide bonds. The molecular weight excluding hydrogens is 378 g/mol. The number of nitrogens with zero attached hydrogens (tertiary/aromatic N) is 4. The van der Waals surface area contributed by atoms with Crippen molar-refractivity contribution in [2.24, 2.45) is 0 Å². The van der Waals surface area contributed by atoms with Gasteiger partial charge in [-0.25, -0.2) is 4.68 Å². The molecular formula is C23H27N5O2. The summed E-state index contributed by atoms with van der Waals surface area (Å²) in [5.41, 5.74) is 2.87. The summed E-state index contributed by atoms with van der Waals surface area (Å²) < 4.78 is 7.19. The van der Waals surface area contributed by atoms with Crippen molar-refractivity contribution in [3.63, 3.8) is 0 Å². The minimum atomic E-state index is -0.136. The minimum absolute atomic E-state index is 0.0163. The van der Waals surface area contributed by atoms with E-state index in [2.05, 4.69) is 22.1 Å². The second kappa shape index (κ2) is 9.19. The lowest BCUT2D eigenvalue weighted by molar-refractivity contribution is 0.0137. The topological polar surface area (TPSA) is 72.3 Å². The second-order valence-electron chi connectivity index (χ2n) is 7.56. The summed E-state index contributed by atoms with van der Waals surface area (Å²) in [6.07, 6.45) is 5.23. The molecule has 1 aromatic carbocycles. The van der Waals surface area contributed by atoms with Gasteiger partial charge in [-0.1, -0.05) is 18.2 Å². The van der Waals surface area contributed by atoms with Gasteiger partial charge >= 0.3 is 0 Å². The number of hydrogen-bond donors (Lipinski definition) is 1. The van der Waals surface area contributed by atoms with E-state index in [1.807, 2.05) is 49.4 Å². The lowest BCUT2D eigenvalue weighted by Gasteiger charge is -2.35. The van der Waals surface area contributed by atoms with Crippen molar-refractivity contribution in [3.8, 4) is 16.9 Å². The molecule has 1 fully saturated rings. The minimum Gasteiger partial charge on any atom is -0.379 e. The average molecular weight is 406 g/mol. The normalized spacial score (nSPS) is 16.7. The van der Waals surface area contributed by atoms with Crippen molar-refractivity contribution >= 4 is 5.91 Å². The molecule has 2 atom stereocenters. The Balaban J connectivity index is 1.60. The van der Waals surface area contributed by atoms with Gasteiger partial charge in [0.05, 0.1) is 24.5 Å². The molecule has 3 aromatic rings. The van der Waals surface area contributed by atoms with E-state index < -0.39 is 0 Å². The fourth-order valence-electron chi connectivity index (χ4n) is 3.68. The zero-order chi connectivity index (χ0) is 20.9. The number of nitrogens with one attached hydrogen (secondary N) is 1. The van der Waals surface area contributed by atoms with Gasteiger partial charge in [0.25, 0.3) is 5.91 Å². The van der Waals surface area contributed by atoms with Crippen LogP contribution >= 0.6 is 0 Å². The van der Waals surface area contributed by atoms with Crippen LogP contribution < -0.4 is 5.32 Å². The summed E-state index contributed by atoms with van der Waals surface area (Å²) in [5, 5.41) is 7.88. The van der Waals surface area contributed by atoms with Crippen LogP contribution in [-0.2, 0) is 4.74 Å². The number of para-hydroxylation sites is 1. The van der Waals surface area contributed by atoms with Crippen molar-refractivity contribution in [3.05, 3.63) is 66.6 Å². The number of morpholine rings is 1. The molecule has 1 aliphatic rings. The molecule has 7 nitrogen and oxygen atoms in total. The lowest BCUT2D eigenvalue weighted by atomic mass is 10.1. The molecule has 0 bridgehead atoms. The summed E-state index contributed by atoms with van der Waals surface area (Å²) in [6.45, 7) is 7.43. The van der Waals surface area contributed by atoms with Crippen LogP contribution in [-0.4, -0.2) is 64.0 Å². The first kappa shape index (κ1) is 20.3. The van der Waals surface area contributed by atoms with E-state index in [-0.39, 0.29) is 18.0 Å². The number of carbonyl (C=O) groups excluding carboxylic acids is 1. The van der Waals surface area contributed by atoms with E-state index >= 15 is 0 Å². The summed E-state index contributed by atoms with van der Waals surface area (Å²) in [7, 11) is 0. The van der Waals surface area contributed by atoms with E-state index in [1.165, 1.54) is 0 Å². The van der Waals surface area contributed by atoms with Crippen molar-refractivity contribution in [2.45, 2.75) is 25.9 Å². The Bertz CT molecular complexity index is 968. The Morgan fingerprint density at radius 1 is 1.10 bits per heavy atom. The predicted octanol–water partition coefficient (Wildman–Crippen LogP) is 2.77. The highest BCUT2D eigenvalue weighted by Gasteiger charge is 2.26. The summed E-state index contributed by atoms with van der Waals surface area (Å²) in [6, 6.07) is 13.7. The summed E-state index contributed by atoms with van der Waals surface area (Å²) in [5.74, 6) is -0.136. The smallest absolute Gasteiger partial charge is 0.255 e. The Kier molecular flexibility index (Phi) is 6.21. The molecule has 1 aliphatic heterocycles. The van der Waals surface area contributed by atoms with Gasteiger partial charge < -0.3 is 10.1 Å². The zero-order valence-corrected chi connectivity index (χ0v) is 17.4. The highest BCUT2D eigenvalue weighted by Crippen LogP contribution is 2.23.